The van der Waals surface area contributed by atoms with Gasteiger partial charge in [-0.25, -0.2) is 9.48 Å². The van der Waals surface area contributed by atoms with Crippen LogP contribution in [-0.4, -0.2) is 38.2 Å². The molecule has 6 nitrogen and oxygen atoms in total. The minimum Gasteiger partial charge on any atom is -0.341 e. The maximum atomic E-state index is 13.0. The predicted molar refractivity (Wildman–Crippen MR) is 99.2 cm³/mol. The van der Waals surface area contributed by atoms with Crippen LogP contribution in [0.3, 0.4) is 0 Å². The maximum absolute atomic E-state index is 13.0. The van der Waals surface area contributed by atoms with Gasteiger partial charge in [-0.1, -0.05) is 29.8 Å². The highest BCUT2D eigenvalue weighted by Crippen LogP contribution is 2.25. The average Bonchev–Trinajstić information content (AvgIpc) is 2.99. The van der Waals surface area contributed by atoms with Crippen LogP contribution in [0.25, 0.3) is 0 Å². The number of hydrogen-bond donors (Lipinski definition) is 0. The predicted octanol–water partition coefficient (Wildman–Crippen LogP) is 2.29. The van der Waals surface area contributed by atoms with Gasteiger partial charge in [0.1, 0.15) is 11.9 Å². The van der Waals surface area contributed by atoms with Gasteiger partial charge in [-0.3, -0.25) is 9.36 Å². The van der Waals surface area contributed by atoms with Crippen molar-refractivity contribution in [3.63, 3.8) is 0 Å². The molecule has 0 saturated carbocycles. The van der Waals surface area contributed by atoms with Crippen molar-refractivity contribution in [2.75, 3.05) is 13.1 Å². The molecule has 1 aromatic heterocycles. The fraction of sp³-hybridized carbons (Fsp3) is 0.550. The Labute approximate surface area is 153 Å². The number of aryl methyl sites for hydroxylation is 2. The lowest BCUT2D eigenvalue weighted by atomic mass is 10.0. The Bertz CT molecular complexity index is 844. The smallest absolute Gasteiger partial charge is 0.341 e. The number of benzene rings is 1. The number of nitrogens with zero attached hydrogens (tertiary/aromatic N) is 4. The standard InChI is InChI=1S/C20H26N4O2/c1-15-8-10-16(11-9-15)14-23-20(26)24-17(6-5-7-18(24)21-23)19(25)22-12-3-2-4-13-22/h8-11,17H,2-7,12-14H2,1H3/t17-/m1/s1. The third-order valence-electron chi connectivity index (χ3n) is 5.54. The molecule has 26 heavy (non-hydrogen) atoms. The van der Waals surface area contributed by atoms with Crippen molar-refractivity contribution in [2.45, 2.75) is 58.0 Å². The van der Waals surface area contributed by atoms with Crippen LogP contribution in [0.1, 0.15) is 55.1 Å². The molecule has 6 heteroatoms. The second kappa shape index (κ2) is 7.09. The summed E-state index contributed by atoms with van der Waals surface area (Å²) in [5.41, 5.74) is 2.08. The molecule has 2 aromatic rings. The second-order valence-corrected chi connectivity index (χ2v) is 7.51. The fourth-order valence-corrected chi connectivity index (χ4v) is 4.06. The van der Waals surface area contributed by atoms with Crippen molar-refractivity contribution in [3.8, 4) is 0 Å². The van der Waals surface area contributed by atoms with E-state index in [9.17, 15) is 9.59 Å². The van der Waals surface area contributed by atoms with E-state index in [4.69, 9.17) is 0 Å². The van der Waals surface area contributed by atoms with Crippen LogP contribution < -0.4 is 5.69 Å². The molecule has 0 radical (unpaired) electrons. The van der Waals surface area contributed by atoms with Gasteiger partial charge < -0.3 is 4.90 Å². The number of amides is 1. The van der Waals surface area contributed by atoms with Gasteiger partial charge >= 0.3 is 5.69 Å². The minimum absolute atomic E-state index is 0.0997. The fourth-order valence-electron chi connectivity index (χ4n) is 4.06. The highest BCUT2D eigenvalue weighted by Gasteiger charge is 2.33. The van der Waals surface area contributed by atoms with Gasteiger partial charge in [0.25, 0.3) is 0 Å². The molecular formula is C20H26N4O2. The summed E-state index contributed by atoms with van der Waals surface area (Å²) in [5.74, 6) is 0.853. The molecule has 1 atom stereocenters. The number of likely N-dealkylation sites (tertiary alicyclic amines) is 1. The Morgan fingerprint density at radius 1 is 1.12 bits per heavy atom. The molecule has 0 N–H and O–H groups in total. The number of hydrogen-bond acceptors (Lipinski definition) is 3. The molecule has 0 spiro atoms. The highest BCUT2D eigenvalue weighted by atomic mass is 16.2. The van der Waals surface area contributed by atoms with E-state index in [0.29, 0.717) is 6.54 Å². The first-order valence-corrected chi connectivity index (χ1v) is 9.66. The average molecular weight is 354 g/mol. The van der Waals surface area contributed by atoms with Gasteiger partial charge in [-0.15, -0.1) is 0 Å². The molecule has 0 aliphatic carbocycles. The normalized spacial score (nSPS) is 20.0. The Hall–Kier alpha value is -2.37. The van der Waals surface area contributed by atoms with E-state index < -0.39 is 0 Å². The van der Waals surface area contributed by atoms with Crippen LogP contribution in [0.15, 0.2) is 29.1 Å². The summed E-state index contributed by atoms with van der Waals surface area (Å²) < 4.78 is 3.18. The van der Waals surface area contributed by atoms with Crippen molar-refractivity contribution in [2.24, 2.45) is 0 Å². The summed E-state index contributed by atoms with van der Waals surface area (Å²) in [7, 11) is 0. The number of carbonyl (C=O) groups is 1. The van der Waals surface area contributed by atoms with E-state index in [-0.39, 0.29) is 17.6 Å². The lowest BCUT2D eigenvalue weighted by Crippen LogP contribution is -2.44. The molecule has 0 unspecified atom stereocenters. The van der Waals surface area contributed by atoms with Crippen LogP contribution in [0.4, 0.5) is 0 Å². The molecular weight excluding hydrogens is 328 g/mol. The molecule has 2 aliphatic heterocycles. The summed E-state index contributed by atoms with van der Waals surface area (Å²) in [6, 6.07) is 7.75. The van der Waals surface area contributed by atoms with E-state index in [0.717, 1.165) is 56.6 Å². The summed E-state index contributed by atoms with van der Waals surface area (Å²) in [6.45, 7) is 4.12. The van der Waals surface area contributed by atoms with Crippen LogP contribution in [0.5, 0.6) is 0 Å². The first-order chi connectivity index (χ1) is 12.6. The molecule has 0 bridgehead atoms. The number of piperidine rings is 1. The van der Waals surface area contributed by atoms with Crippen molar-refractivity contribution in [1.29, 1.82) is 0 Å². The van der Waals surface area contributed by atoms with E-state index in [1.54, 1.807) is 4.57 Å². The van der Waals surface area contributed by atoms with Crippen molar-refractivity contribution in [1.82, 2.24) is 19.2 Å². The first-order valence-electron chi connectivity index (χ1n) is 9.66. The molecule has 4 rings (SSSR count). The Balaban J connectivity index is 1.61. The number of carbonyl (C=O) groups excluding carboxylic acids is 1. The van der Waals surface area contributed by atoms with Gasteiger partial charge in [-0.05, 0) is 44.6 Å². The van der Waals surface area contributed by atoms with Gasteiger partial charge in [0.05, 0.1) is 6.54 Å². The molecule has 1 amide bonds. The lowest BCUT2D eigenvalue weighted by Gasteiger charge is -2.32. The number of rotatable bonds is 3. The Morgan fingerprint density at radius 3 is 2.58 bits per heavy atom. The van der Waals surface area contributed by atoms with E-state index in [1.165, 1.54) is 16.7 Å². The Morgan fingerprint density at radius 2 is 1.85 bits per heavy atom. The largest absolute Gasteiger partial charge is 0.346 e. The quantitative estimate of drug-likeness (QED) is 0.850. The Kier molecular flexibility index (Phi) is 4.66. The van der Waals surface area contributed by atoms with Crippen molar-refractivity contribution in [3.05, 3.63) is 51.7 Å². The number of aromatic nitrogens is 3. The van der Waals surface area contributed by atoms with Crippen LogP contribution in [-0.2, 0) is 17.8 Å². The lowest BCUT2D eigenvalue weighted by molar-refractivity contribution is -0.136. The van der Waals surface area contributed by atoms with Gasteiger partial charge in [-0.2, -0.15) is 5.10 Å². The molecule has 138 valence electrons. The molecule has 1 aromatic carbocycles. The highest BCUT2D eigenvalue weighted by molar-refractivity contribution is 5.80. The number of fused-ring (bicyclic) bond motifs is 1. The van der Waals surface area contributed by atoms with E-state index in [2.05, 4.69) is 5.10 Å². The summed E-state index contributed by atoms with van der Waals surface area (Å²) in [6.07, 6.45) is 5.72. The van der Waals surface area contributed by atoms with Crippen molar-refractivity contribution < 1.29 is 4.79 Å². The summed E-state index contributed by atoms with van der Waals surface area (Å²) in [4.78, 5) is 27.9. The van der Waals surface area contributed by atoms with Crippen molar-refractivity contribution >= 4 is 5.91 Å². The van der Waals surface area contributed by atoms with Crippen LogP contribution in [0.2, 0.25) is 0 Å². The molecule has 1 saturated heterocycles. The zero-order valence-electron chi connectivity index (χ0n) is 15.4. The zero-order chi connectivity index (χ0) is 18.1. The second-order valence-electron chi connectivity index (χ2n) is 7.51. The van der Waals surface area contributed by atoms with Crippen LogP contribution in [0, 0.1) is 6.92 Å². The molecule has 1 fully saturated rings. The molecule has 3 heterocycles. The summed E-state index contributed by atoms with van der Waals surface area (Å²) in [5, 5.41) is 4.54. The first kappa shape index (κ1) is 17.1. The molecule has 2 aliphatic rings. The van der Waals surface area contributed by atoms with E-state index in [1.807, 2.05) is 36.1 Å². The maximum Gasteiger partial charge on any atom is 0.346 e. The summed E-state index contributed by atoms with van der Waals surface area (Å²) >= 11 is 0. The third-order valence-corrected chi connectivity index (χ3v) is 5.54. The van der Waals surface area contributed by atoms with E-state index >= 15 is 0 Å². The zero-order valence-corrected chi connectivity index (χ0v) is 15.4. The SMILES string of the molecule is Cc1ccc(Cn2nc3n(c2=O)[C@@H](C(=O)N2CCCCC2)CCC3)cc1. The van der Waals surface area contributed by atoms with Gasteiger partial charge in [0, 0.05) is 19.5 Å². The topological polar surface area (TPSA) is 60.1 Å². The van der Waals surface area contributed by atoms with Gasteiger partial charge in [0.2, 0.25) is 5.91 Å². The monoisotopic (exact) mass is 354 g/mol. The third kappa shape index (κ3) is 3.20. The van der Waals surface area contributed by atoms with Gasteiger partial charge in [0.15, 0.2) is 0 Å². The minimum atomic E-state index is -0.379. The van der Waals surface area contributed by atoms with Crippen LogP contribution >= 0.6 is 0 Å².